The summed E-state index contributed by atoms with van der Waals surface area (Å²) in [6.45, 7) is 3.77. The fraction of sp³-hybridized carbons (Fsp3) is 0.560. The van der Waals surface area contributed by atoms with Crippen LogP contribution in [0, 0.1) is 0 Å². The Balaban J connectivity index is 1.44. The van der Waals surface area contributed by atoms with Crippen LogP contribution in [-0.4, -0.2) is 58.1 Å². The molecule has 8 heteroatoms. The van der Waals surface area contributed by atoms with Gasteiger partial charge < -0.3 is 14.4 Å². The van der Waals surface area contributed by atoms with Crippen molar-refractivity contribution < 1.29 is 28.7 Å². The van der Waals surface area contributed by atoms with Gasteiger partial charge in [-0.1, -0.05) is 25.5 Å². The number of amides is 3. The first-order valence-electron chi connectivity index (χ1n) is 11.8. The minimum atomic E-state index is -0.569. The van der Waals surface area contributed by atoms with E-state index < -0.39 is 12.2 Å². The molecule has 1 aromatic carbocycles. The van der Waals surface area contributed by atoms with Crippen molar-refractivity contribution in [3.8, 4) is 0 Å². The maximum absolute atomic E-state index is 12.9. The van der Waals surface area contributed by atoms with Gasteiger partial charge in [0, 0.05) is 31.8 Å². The van der Waals surface area contributed by atoms with E-state index in [0.29, 0.717) is 49.8 Å². The minimum Gasteiger partial charge on any atom is -0.441 e. The Bertz CT molecular complexity index is 892. The lowest BCUT2D eigenvalue weighted by Crippen LogP contribution is -2.43. The number of esters is 1. The van der Waals surface area contributed by atoms with E-state index in [0.717, 1.165) is 12.8 Å². The summed E-state index contributed by atoms with van der Waals surface area (Å²) >= 11 is 0. The third-order valence-corrected chi connectivity index (χ3v) is 6.31. The van der Waals surface area contributed by atoms with Crippen LogP contribution in [0.3, 0.4) is 0 Å². The first-order chi connectivity index (χ1) is 15.8. The van der Waals surface area contributed by atoms with Crippen molar-refractivity contribution in [2.45, 2.75) is 83.9 Å². The zero-order valence-corrected chi connectivity index (χ0v) is 19.4. The van der Waals surface area contributed by atoms with E-state index in [9.17, 15) is 24.0 Å². The maximum atomic E-state index is 12.9. The van der Waals surface area contributed by atoms with Gasteiger partial charge in [0.25, 0.3) is 11.8 Å². The first kappa shape index (κ1) is 24.6. The molecule has 2 atom stereocenters. The molecule has 1 aromatic rings. The number of hydrogen-bond acceptors (Lipinski definition) is 6. The maximum Gasteiger partial charge on any atom is 0.308 e. The number of ketones is 1. The number of ether oxygens (including phenoxy) is 1. The Morgan fingerprint density at radius 1 is 0.939 bits per heavy atom. The molecule has 2 aliphatic rings. The van der Waals surface area contributed by atoms with Crippen molar-refractivity contribution in [1.29, 1.82) is 0 Å². The highest BCUT2D eigenvalue weighted by Crippen LogP contribution is 2.29. The van der Waals surface area contributed by atoms with Gasteiger partial charge in [0.1, 0.15) is 5.78 Å². The molecule has 1 saturated heterocycles. The van der Waals surface area contributed by atoms with Crippen molar-refractivity contribution in [3.63, 3.8) is 0 Å². The van der Waals surface area contributed by atoms with Crippen LogP contribution in [0.1, 0.15) is 92.4 Å². The highest BCUT2D eigenvalue weighted by atomic mass is 16.6. The summed E-state index contributed by atoms with van der Waals surface area (Å²) in [6.07, 6.45) is 4.05. The van der Waals surface area contributed by atoms with Gasteiger partial charge in [-0.05, 0) is 44.7 Å². The fourth-order valence-corrected chi connectivity index (χ4v) is 4.51. The standard InChI is InChI=1S/C25H32N2O6/c1-3-18-13-14-22(33-23(30)15-12-17(2)28)27(18)21(29)11-5-4-8-16-26-24(31)19-9-6-7-10-20(19)25(26)32/h6-7,9-10,18,22H,3-5,8,11-16H2,1-2H3/t18-,22-/m1/s1. The van der Waals surface area contributed by atoms with E-state index in [1.54, 1.807) is 29.2 Å². The quantitative estimate of drug-likeness (QED) is 0.287. The molecule has 0 aromatic heterocycles. The molecule has 2 heterocycles. The van der Waals surface area contributed by atoms with Crippen molar-refractivity contribution in [2.75, 3.05) is 6.54 Å². The molecule has 0 radical (unpaired) electrons. The second-order valence-corrected chi connectivity index (χ2v) is 8.71. The largest absolute Gasteiger partial charge is 0.441 e. The third kappa shape index (κ3) is 5.86. The molecule has 3 amide bonds. The number of carbonyl (C=O) groups is 5. The SMILES string of the molecule is CC[C@@H]1CC[C@@H](OC(=O)CCC(C)=O)N1C(=O)CCCCCN1C(=O)c2ccccc2C1=O. The summed E-state index contributed by atoms with van der Waals surface area (Å²) in [5.74, 6) is -1.10. The molecule has 0 saturated carbocycles. The molecule has 0 aliphatic carbocycles. The van der Waals surface area contributed by atoms with Crippen molar-refractivity contribution in [2.24, 2.45) is 0 Å². The molecule has 0 bridgehead atoms. The van der Waals surface area contributed by atoms with Gasteiger partial charge in [-0.25, -0.2) is 0 Å². The van der Waals surface area contributed by atoms with Gasteiger partial charge in [-0.2, -0.15) is 0 Å². The Labute approximate surface area is 194 Å². The van der Waals surface area contributed by atoms with Crippen LogP contribution >= 0.6 is 0 Å². The molecule has 3 rings (SSSR count). The third-order valence-electron chi connectivity index (χ3n) is 6.31. The van der Waals surface area contributed by atoms with Crippen LogP contribution in [0.5, 0.6) is 0 Å². The van der Waals surface area contributed by atoms with Crippen molar-refractivity contribution in [3.05, 3.63) is 35.4 Å². The lowest BCUT2D eigenvalue weighted by molar-refractivity contribution is -0.164. The number of nitrogens with zero attached hydrogens (tertiary/aromatic N) is 2. The van der Waals surface area contributed by atoms with E-state index >= 15 is 0 Å². The van der Waals surface area contributed by atoms with Crippen LogP contribution in [0.15, 0.2) is 24.3 Å². The topological polar surface area (TPSA) is 101 Å². The van der Waals surface area contributed by atoms with Crippen molar-refractivity contribution >= 4 is 29.5 Å². The van der Waals surface area contributed by atoms with Gasteiger partial charge >= 0.3 is 5.97 Å². The second kappa shape index (κ2) is 11.2. The number of benzene rings is 1. The van der Waals surface area contributed by atoms with E-state index in [-0.39, 0.29) is 42.4 Å². The summed E-state index contributed by atoms with van der Waals surface area (Å²) < 4.78 is 5.51. The predicted octanol–water partition coefficient (Wildman–Crippen LogP) is 3.48. The van der Waals surface area contributed by atoms with Crippen LogP contribution in [0.25, 0.3) is 0 Å². The molecule has 178 valence electrons. The summed E-state index contributed by atoms with van der Waals surface area (Å²) in [5, 5.41) is 0. The molecular weight excluding hydrogens is 424 g/mol. The average Bonchev–Trinajstić information content (AvgIpc) is 3.31. The summed E-state index contributed by atoms with van der Waals surface area (Å²) in [6, 6.07) is 6.86. The lowest BCUT2D eigenvalue weighted by Gasteiger charge is -2.29. The summed E-state index contributed by atoms with van der Waals surface area (Å²) in [7, 11) is 0. The molecule has 2 aliphatic heterocycles. The molecule has 8 nitrogen and oxygen atoms in total. The molecule has 0 N–H and O–H groups in total. The van der Waals surface area contributed by atoms with Crippen LogP contribution in [-0.2, 0) is 19.1 Å². The Morgan fingerprint density at radius 3 is 2.21 bits per heavy atom. The fourth-order valence-electron chi connectivity index (χ4n) is 4.51. The van der Waals surface area contributed by atoms with Gasteiger partial charge in [0.05, 0.1) is 17.5 Å². The number of fused-ring (bicyclic) bond motifs is 1. The Morgan fingerprint density at radius 2 is 1.61 bits per heavy atom. The predicted molar refractivity (Wildman–Crippen MR) is 120 cm³/mol. The van der Waals surface area contributed by atoms with E-state index in [1.165, 1.54) is 11.8 Å². The smallest absolute Gasteiger partial charge is 0.308 e. The zero-order chi connectivity index (χ0) is 24.0. The van der Waals surface area contributed by atoms with E-state index in [2.05, 4.69) is 0 Å². The van der Waals surface area contributed by atoms with Gasteiger partial charge in [-0.15, -0.1) is 0 Å². The number of likely N-dealkylation sites (tertiary alicyclic amines) is 1. The number of unbranched alkanes of at least 4 members (excludes halogenated alkanes) is 2. The van der Waals surface area contributed by atoms with Gasteiger partial charge in [0.15, 0.2) is 6.23 Å². The molecule has 1 fully saturated rings. The lowest BCUT2D eigenvalue weighted by atomic mass is 10.1. The molecule has 0 spiro atoms. The molecule has 33 heavy (non-hydrogen) atoms. The number of Topliss-reactive ketones (excluding diaryl/α,β-unsaturated/α-hetero) is 1. The number of rotatable bonds is 11. The Kier molecular flexibility index (Phi) is 8.36. The first-order valence-corrected chi connectivity index (χ1v) is 11.8. The number of carbonyl (C=O) groups excluding carboxylic acids is 5. The summed E-state index contributed by atoms with van der Waals surface area (Å²) in [4.78, 5) is 63.8. The number of imide groups is 1. The minimum absolute atomic E-state index is 0.0302. The van der Waals surface area contributed by atoms with Crippen LogP contribution < -0.4 is 0 Å². The average molecular weight is 457 g/mol. The highest BCUT2D eigenvalue weighted by molar-refractivity contribution is 6.21. The Hall–Kier alpha value is -3.03. The highest BCUT2D eigenvalue weighted by Gasteiger charge is 2.38. The molecular formula is C25H32N2O6. The molecule has 0 unspecified atom stereocenters. The van der Waals surface area contributed by atoms with Crippen LogP contribution in [0.4, 0.5) is 0 Å². The van der Waals surface area contributed by atoms with E-state index in [1.807, 2.05) is 6.92 Å². The van der Waals surface area contributed by atoms with Gasteiger partial charge in [-0.3, -0.25) is 24.1 Å². The summed E-state index contributed by atoms with van der Waals surface area (Å²) in [5.41, 5.74) is 0.891. The monoisotopic (exact) mass is 456 g/mol. The second-order valence-electron chi connectivity index (χ2n) is 8.71. The normalized spacial score (nSPS) is 19.7. The zero-order valence-electron chi connectivity index (χ0n) is 19.4. The van der Waals surface area contributed by atoms with Crippen molar-refractivity contribution in [1.82, 2.24) is 9.80 Å². The van der Waals surface area contributed by atoms with Crippen LogP contribution in [0.2, 0.25) is 0 Å². The number of hydrogen-bond donors (Lipinski definition) is 0. The van der Waals surface area contributed by atoms with E-state index in [4.69, 9.17) is 4.74 Å². The van der Waals surface area contributed by atoms with Gasteiger partial charge in [0.2, 0.25) is 5.91 Å².